The van der Waals surface area contributed by atoms with Crippen LogP contribution in [0.2, 0.25) is 0 Å². The molecule has 0 aliphatic carbocycles. The molecule has 6 heteroatoms. The zero-order chi connectivity index (χ0) is 18.5. The molecule has 2 N–H and O–H groups in total. The van der Waals surface area contributed by atoms with Gasteiger partial charge in [0.2, 0.25) is 0 Å². The molecule has 0 bridgehead atoms. The van der Waals surface area contributed by atoms with E-state index in [1.807, 2.05) is 24.3 Å². The molecule has 0 atom stereocenters. The predicted molar refractivity (Wildman–Crippen MR) is 103 cm³/mol. The monoisotopic (exact) mass is 348 g/mol. The number of nitrogens with one attached hydrogen (secondary N) is 2. The number of carbonyl (C=O) groups excluding carboxylic acids is 1. The molecule has 140 valence electrons. The van der Waals surface area contributed by atoms with Crippen LogP contribution in [-0.4, -0.2) is 64.2 Å². The van der Waals surface area contributed by atoms with Gasteiger partial charge in [0.1, 0.15) is 0 Å². The third kappa shape index (κ3) is 8.54. The number of nitrogens with zero attached hydrogens (tertiary/aromatic N) is 2. The third-order valence-electron chi connectivity index (χ3n) is 3.69. The van der Waals surface area contributed by atoms with E-state index in [1.54, 1.807) is 26.0 Å². The number of benzene rings is 1. The van der Waals surface area contributed by atoms with E-state index in [0.717, 1.165) is 50.5 Å². The van der Waals surface area contributed by atoms with Crippen LogP contribution >= 0.6 is 0 Å². The number of aliphatic imine (C=N–C) groups is 1. The maximum absolute atomic E-state index is 12.0. The molecule has 6 nitrogen and oxygen atoms in total. The Morgan fingerprint density at radius 3 is 2.64 bits per heavy atom. The van der Waals surface area contributed by atoms with E-state index in [2.05, 4.69) is 22.5 Å². The zero-order valence-electron chi connectivity index (χ0n) is 16.0. The Hall–Kier alpha value is -2.08. The van der Waals surface area contributed by atoms with Crippen LogP contribution in [0.1, 0.15) is 35.7 Å². The number of guanidine groups is 1. The molecule has 1 aromatic rings. The van der Waals surface area contributed by atoms with Crippen molar-refractivity contribution < 1.29 is 9.53 Å². The molecule has 0 spiro atoms. The average molecular weight is 348 g/mol. The Labute approximate surface area is 151 Å². The summed E-state index contributed by atoms with van der Waals surface area (Å²) in [6.45, 7) is 5.12. The number of rotatable bonds is 10. The first-order valence-corrected chi connectivity index (χ1v) is 8.91. The van der Waals surface area contributed by atoms with Crippen molar-refractivity contribution in [2.45, 2.75) is 26.2 Å². The van der Waals surface area contributed by atoms with Gasteiger partial charge in [0, 0.05) is 46.4 Å². The molecular weight excluding hydrogens is 316 g/mol. The van der Waals surface area contributed by atoms with Crippen molar-refractivity contribution in [1.29, 1.82) is 0 Å². The normalized spacial score (nSPS) is 11.3. The highest BCUT2D eigenvalue weighted by molar-refractivity contribution is 5.94. The summed E-state index contributed by atoms with van der Waals surface area (Å²) < 4.78 is 5.52. The van der Waals surface area contributed by atoms with Gasteiger partial charge in [-0.05, 0) is 30.5 Å². The molecule has 1 amide bonds. The van der Waals surface area contributed by atoms with E-state index in [0.29, 0.717) is 12.2 Å². The molecule has 0 aromatic heterocycles. The average Bonchev–Trinajstić information content (AvgIpc) is 2.62. The quantitative estimate of drug-likeness (QED) is 0.385. The predicted octanol–water partition coefficient (Wildman–Crippen LogP) is 1.91. The Balaban J connectivity index is 2.33. The summed E-state index contributed by atoms with van der Waals surface area (Å²) >= 11 is 0. The lowest BCUT2D eigenvalue weighted by atomic mass is 10.1. The van der Waals surface area contributed by atoms with Gasteiger partial charge in [-0.15, -0.1) is 0 Å². The Bertz CT molecular complexity index is 544. The van der Waals surface area contributed by atoms with E-state index in [1.165, 1.54) is 0 Å². The molecule has 25 heavy (non-hydrogen) atoms. The lowest BCUT2D eigenvalue weighted by Gasteiger charge is -2.13. The largest absolute Gasteiger partial charge is 0.380 e. The Morgan fingerprint density at radius 1 is 1.20 bits per heavy atom. The molecule has 0 aliphatic heterocycles. The fourth-order valence-corrected chi connectivity index (χ4v) is 2.25. The van der Waals surface area contributed by atoms with Crippen LogP contribution in [0.5, 0.6) is 0 Å². The molecule has 0 radical (unpaired) electrons. The summed E-state index contributed by atoms with van der Waals surface area (Å²) in [5, 5.41) is 6.51. The van der Waals surface area contributed by atoms with Crippen molar-refractivity contribution >= 4 is 11.9 Å². The van der Waals surface area contributed by atoms with Gasteiger partial charge in [-0.3, -0.25) is 9.79 Å². The van der Waals surface area contributed by atoms with E-state index >= 15 is 0 Å². The van der Waals surface area contributed by atoms with Gasteiger partial charge in [0.05, 0.1) is 6.61 Å². The highest BCUT2D eigenvalue weighted by Gasteiger charge is 2.08. The van der Waals surface area contributed by atoms with Gasteiger partial charge in [-0.1, -0.05) is 25.5 Å². The molecule has 0 unspecified atom stereocenters. The van der Waals surface area contributed by atoms with Gasteiger partial charge >= 0.3 is 0 Å². The summed E-state index contributed by atoms with van der Waals surface area (Å²) in [6.07, 6.45) is 3.07. The molecule has 0 fully saturated rings. The zero-order valence-corrected chi connectivity index (χ0v) is 16.0. The molecule has 0 heterocycles. The molecule has 0 saturated carbocycles. The number of hydrogen-bond acceptors (Lipinski definition) is 3. The summed E-state index contributed by atoms with van der Waals surface area (Å²) in [7, 11) is 5.28. The molecule has 1 rings (SSSR count). The third-order valence-corrected chi connectivity index (χ3v) is 3.69. The van der Waals surface area contributed by atoms with Gasteiger partial charge < -0.3 is 20.3 Å². The van der Waals surface area contributed by atoms with Crippen LogP contribution in [0.4, 0.5) is 0 Å². The minimum Gasteiger partial charge on any atom is -0.380 e. The fraction of sp³-hybridized carbons (Fsp3) is 0.579. The van der Waals surface area contributed by atoms with Crippen LogP contribution in [-0.2, 0) is 11.2 Å². The van der Waals surface area contributed by atoms with Crippen LogP contribution in [0.25, 0.3) is 0 Å². The number of hydrogen-bond donors (Lipinski definition) is 2. The van der Waals surface area contributed by atoms with Gasteiger partial charge in [0.15, 0.2) is 5.96 Å². The maximum Gasteiger partial charge on any atom is 0.253 e. The van der Waals surface area contributed by atoms with E-state index in [4.69, 9.17) is 4.74 Å². The van der Waals surface area contributed by atoms with Crippen LogP contribution in [0, 0.1) is 0 Å². The van der Waals surface area contributed by atoms with E-state index in [9.17, 15) is 4.79 Å². The molecule has 0 aliphatic rings. The first kappa shape index (κ1) is 21.0. The highest BCUT2D eigenvalue weighted by atomic mass is 16.5. The van der Waals surface area contributed by atoms with E-state index in [-0.39, 0.29) is 5.91 Å². The van der Waals surface area contributed by atoms with Crippen molar-refractivity contribution in [1.82, 2.24) is 15.5 Å². The van der Waals surface area contributed by atoms with Gasteiger partial charge in [0.25, 0.3) is 5.91 Å². The lowest BCUT2D eigenvalue weighted by Crippen LogP contribution is -2.39. The van der Waals surface area contributed by atoms with Crippen LogP contribution < -0.4 is 10.6 Å². The van der Waals surface area contributed by atoms with E-state index < -0.39 is 0 Å². The van der Waals surface area contributed by atoms with Crippen molar-refractivity contribution in [3.05, 3.63) is 35.4 Å². The van der Waals surface area contributed by atoms with Crippen molar-refractivity contribution in [3.8, 4) is 0 Å². The Kier molecular flexibility index (Phi) is 10.3. The van der Waals surface area contributed by atoms with Crippen LogP contribution in [0.3, 0.4) is 0 Å². The minimum absolute atomic E-state index is 0.0235. The fourth-order valence-electron chi connectivity index (χ4n) is 2.25. The van der Waals surface area contributed by atoms with Crippen LogP contribution in [0.15, 0.2) is 29.3 Å². The second kappa shape index (κ2) is 12.3. The second-order valence-electron chi connectivity index (χ2n) is 6.04. The van der Waals surface area contributed by atoms with Gasteiger partial charge in [-0.2, -0.15) is 0 Å². The maximum atomic E-state index is 12.0. The molecule has 0 saturated heterocycles. The van der Waals surface area contributed by atoms with Crippen molar-refractivity contribution in [2.75, 3.05) is 47.4 Å². The molecule has 1 aromatic carbocycles. The van der Waals surface area contributed by atoms with Crippen molar-refractivity contribution in [2.24, 2.45) is 4.99 Å². The van der Waals surface area contributed by atoms with Gasteiger partial charge in [-0.25, -0.2) is 0 Å². The Morgan fingerprint density at radius 2 is 1.96 bits per heavy atom. The standard InChI is InChI=1S/C19H32N4O2/c1-5-6-13-25-14-12-22-19(20-2)21-11-10-16-8-7-9-17(15-16)18(24)23(3)4/h7-9,15H,5-6,10-14H2,1-4H3,(H2,20,21,22). The minimum atomic E-state index is 0.0235. The second-order valence-corrected chi connectivity index (χ2v) is 6.04. The summed E-state index contributed by atoms with van der Waals surface area (Å²) in [5.74, 6) is 0.787. The topological polar surface area (TPSA) is 66.0 Å². The highest BCUT2D eigenvalue weighted by Crippen LogP contribution is 2.07. The number of ether oxygens (including phenoxy) is 1. The number of carbonyl (C=O) groups is 1. The van der Waals surface area contributed by atoms with Crippen molar-refractivity contribution in [3.63, 3.8) is 0 Å². The summed E-state index contributed by atoms with van der Waals surface area (Å²) in [5.41, 5.74) is 1.84. The lowest BCUT2D eigenvalue weighted by molar-refractivity contribution is 0.0827. The first-order valence-electron chi connectivity index (χ1n) is 8.91. The first-order chi connectivity index (χ1) is 12.1. The summed E-state index contributed by atoms with van der Waals surface area (Å²) in [4.78, 5) is 17.8. The number of amides is 1. The number of unbranched alkanes of at least 4 members (excludes halogenated alkanes) is 1. The SMILES string of the molecule is CCCCOCCNC(=NC)NCCc1cccc(C(=O)N(C)C)c1. The smallest absolute Gasteiger partial charge is 0.253 e. The summed E-state index contributed by atoms with van der Waals surface area (Å²) in [6, 6.07) is 7.75. The molecular formula is C19H32N4O2.